The van der Waals surface area contributed by atoms with Crippen LogP contribution in [0.15, 0.2) is 120 Å². The van der Waals surface area contributed by atoms with Gasteiger partial charge in [-0.25, -0.2) is 13.1 Å². The molecule has 0 radical (unpaired) electrons. The molecule has 0 aliphatic rings. The van der Waals surface area contributed by atoms with Gasteiger partial charge in [-0.2, -0.15) is 0 Å². The molecule has 0 heterocycles. The van der Waals surface area contributed by atoms with Crippen LogP contribution < -0.4 is 21.1 Å². The van der Waals surface area contributed by atoms with Crippen LogP contribution in [0.2, 0.25) is 0 Å². The van der Waals surface area contributed by atoms with E-state index in [0.29, 0.717) is 11.7 Å². The Kier molecular flexibility index (Phi) is 9.25. The van der Waals surface area contributed by atoms with Gasteiger partial charge in [0.2, 0.25) is 10.0 Å². The molecule has 196 valence electrons. The molecular weight excluding hydrogens is 512 g/mol. The van der Waals surface area contributed by atoms with Crippen LogP contribution in [-0.2, 0) is 10.0 Å². The molecule has 38 heavy (non-hydrogen) atoms. The molecular formula is C30H32N4O2S2. The van der Waals surface area contributed by atoms with Crippen LogP contribution in [-0.4, -0.2) is 20.1 Å². The van der Waals surface area contributed by atoms with Gasteiger partial charge in [-0.1, -0.05) is 109 Å². The van der Waals surface area contributed by atoms with Crippen LogP contribution in [0.1, 0.15) is 40.4 Å². The monoisotopic (exact) mass is 544 g/mol. The lowest BCUT2D eigenvalue weighted by molar-refractivity contribution is 0.471. The first-order valence-corrected chi connectivity index (χ1v) is 14.3. The molecule has 0 saturated heterocycles. The van der Waals surface area contributed by atoms with Gasteiger partial charge in [-0.3, -0.25) is 0 Å². The van der Waals surface area contributed by atoms with E-state index in [9.17, 15) is 8.42 Å². The van der Waals surface area contributed by atoms with Gasteiger partial charge in [0.05, 0.1) is 17.0 Å². The van der Waals surface area contributed by atoms with E-state index in [0.717, 1.165) is 22.3 Å². The van der Waals surface area contributed by atoms with Crippen LogP contribution in [0.3, 0.4) is 0 Å². The summed E-state index contributed by atoms with van der Waals surface area (Å²) in [6.45, 7) is 2.34. The third-order valence-electron chi connectivity index (χ3n) is 6.26. The van der Waals surface area contributed by atoms with E-state index in [1.807, 2.05) is 97.9 Å². The summed E-state index contributed by atoms with van der Waals surface area (Å²) < 4.78 is 30.0. The Balaban J connectivity index is 1.62. The van der Waals surface area contributed by atoms with Crippen molar-refractivity contribution in [3.63, 3.8) is 0 Å². The zero-order chi connectivity index (χ0) is 27.0. The summed E-state index contributed by atoms with van der Waals surface area (Å²) in [7, 11) is -3.85. The van der Waals surface area contributed by atoms with E-state index in [4.69, 9.17) is 18.0 Å². The summed E-state index contributed by atoms with van der Waals surface area (Å²) in [4.78, 5) is 0.199. The number of hydrogen-bond donors (Lipinski definition) is 4. The van der Waals surface area contributed by atoms with Crippen LogP contribution in [0.25, 0.3) is 0 Å². The molecule has 0 aliphatic heterocycles. The molecule has 8 heteroatoms. The summed E-state index contributed by atoms with van der Waals surface area (Å²) in [6, 6.07) is 34.3. The van der Waals surface area contributed by atoms with Crippen molar-refractivity contribution in [2.45, 2.75) is 29.9 Å². The maximum absolute atomic E-state index is 13.5. The van der Waals surface area contributed by atoms with Crippen molar-refractivity contribution in [3.05, 3.63) is 138 Å². The summed E-state index contributed by atoms with van der Waals surface area (Å²) >= 11 is 5.66. The second-order valence-electron chi connectivity index (χ2n) is 9.08. The Morgan fingerprint density at radius 3 is 1.74 bits per heavy atom. The number of hydrogen-bond acceptors (Lipinski definition) is 4. The molecule has 5 N–H and O–H groups in total. The third kappa shape index (κ3) is 7.26. The van der Waals surface area contributed by atoms with Gasteiger partial charge >= 0.3 is 0 Å². The first-order valence-electron chi connectivity index (χ1n) is 12.4. The summed E-state index contributed by atoms with van der Waals surface area (Å²) in [5.74, 6) is 0. The van der Waals surface area contributed by atoms with Crippen molar-refractivity contribution in [2.24, 2.45) is 5.73 Å². The molecule has 0 aliphatic carbocycles. The number of nitrogens with two attached hydrogens (primary N) is 1. The number of benzene rings is 4. The normalized spacial score (nSPS) is 13.7. The molecule has 4 aromatic carbocycles. The highest BCUT2D eigenvalue weighted by atomic mass is 32.2. The van der Waals surface area contributed by atoms with Crippen LogP contribution in [0.5, 0.6) is 0 Å². The highest BCUT2D eigenvalue weighted by molar-refractivity contribution is 7.89. The zero-order valence-corrected chi connectivity index (χ0v) is 22.8. The molecule has 4 rings (SSSR count). The average Bonchev–Trinajstić information content (AvgIpc) is 2.95. The number of aryl methyl sites for hydroxylation is 1. The lowest BCUT2D eigenvalue weighted by Gasteiger charge is -2.31. The molecule has 0 spiro atoms. The van der Waals surface area contributed by atoms with E-state index < -0.39 is 22.1 Å². The standard InChI is InChI=1S/C30H32N4O2S2/c1-22-17-19-26(20-18-22)38(35,36)34-29(25-15-9-4-10-16-25)28(24-13-7-3-8-14-24)33-30(37)32-21-27(31)23-11-5-2-6-12-23/h2-20,27-29,34H,21,31H2,1H3,(H2,32,33,37)/t27-,28+,29+/m0/s1. The number of thiocarbonyl (C=S) groups is 1. The van der Waals surface area contributed by atoms with Crippen LogP contribution in [0.4, 0.5) is 0 Å². The van der Waals surface area contributed by atoms with Gasteiger partial charge < -0.3 is 16.4 Å². The van der Waals surface area contributed by atoms with Crippen molar-refractivity contribution in [1.29, 1.82) is 0 Å². The van der Waals surface area contributed by atoms with Crippen LogP contribution in [0, 0.1) is 6.92 Å². The van der Waals surface area contributed by atoms with Gasteiger partial charge in [-0.05, 0) is 48.0 Å². The fourth-order valence-electron chi connectivity index (χ4n) is 4.17. The van der Waals surface area contributed by atoms with Crippen molar-refractivity contribution < 1.29 is 8.42 Å². The first-order chi connectivity index (χ1) is 18.3. The highest BCUT2D eigenvalue weighted by Crippen LogP contribution is 2.31. The predicted molar refractivity (Wildman–Crippen MR) is 157 cm³/mol. The average molecular weight is 545 g/mol. The lowest BCUT2D eigenvalue weighted by atomic mass is 9.94. The van der Waals surface area contributed by atoms with Gasteiger partial charge in [-0.15, -0.1) is 0 Å². The second kappa shape index (κ2) is 12.8. The molecule has 3 atom stereocenters. The smallest absolute Gasteiger partial charge is 0.241 e. The quantitative estimate of drug-likeness (QED) is 0.212. The van der Waals surface area contributed by atoms with E-state index in [1.165, 1.54) is 0 Å². The Morgan fingerprint density at radius 1 is 0.737 bits per heavy atom. The van der Waals surface area contributed by atoms with Gasteiger partial charge in [0.25, 0.3) is 0 Å². The van der Waals surface area contributed by atoms with E-state index >= 15 is 0 Å². The summed E-state index contributed by atoms with van der Waals surface area (Å²) in [5.41, 5.74) is 10.0. The second-order valence-corrected chi connectivity index (χ2v) is 11.2. The van der Waals surface area contributed by atoms with E-state index in [1.54, 1.807) is 24.3 Å². The zero-order valence-electron chi connectivity index (χ0n) is 21.1. The van der Waals surface area contributed by atoms with Gasteiger partial charge in [0.15, 0.2) is 5.11 Å². The minimum absolute atomic E-state index is 0.199. The highest BCUT2D eigenvalue weighted by Gasteiger charge is 2.30. The Hall–Kier alpha value is -3.56. The molecule has 0 unspecified atom stereocenters. The van der Waals surface area contributed by atoms with Crippen molar-refractivity contribution in [3.8, 4) is 0 Å². The maximum Gasteiger partial charge on any atom is 0.241 e. The third-order valence-corrected chi connectivity index (χ3v) is 7.98. The fourth-order valence-corrected chi connectivity index (χ4v) is 5.62. The molecule has 0 fully saturated rings. The fraction of sp³-hybridized carbons (Fsp3) is 0.167. The lowest BCUT2D eigenvalue weighted by Crippen LogP contribution is -2.45. The van der Waals surface area contributed by atoms with Gasteiger partial charge in [0.1, 0.15) is 0 Å². The van der Waals surface area contributed by atoms with Crippen molar-refractivity contribution >= 4 is 27.4 Å². The topological polar surface area (TPSA) is 96.2 Å². The largest absolute Gasteiger partial charge is 0.361 e. The Labute approximate surface area is 230 Å². The minimum Gasteiger partial charge on any atom is -0.361 e. The molecule has 4 aromatic rings. The molecule has 0 saturated carbocycles. The molecule has 0 amide bonds. The first kappa shape index (κ1) is 27.5. The van der Waals surface area contributed by atoms with E-state index in [2.05, 4.69) is 15.4 Å². The van der Waals surface area contributed by atoms with Crippen molar-refractivity contribution in [1.82, 2.24) is 15.4 Å². The minimum atomic E-state index is -3.85. The summed E-state index contributed by atoms with van der Waals surface area (Å²) in [5, 5.41) is 6.94. The summed E-state index contributed by atoms with van der Waals surface area (Å²) in [6.07, 6.45) is 0. The molecule has 0 bridgehead atoms. The maximum atomic E-state index is 13.5. The Morgan fingerprint density at radius 2 is 1.21 bits per heavy atom. The van der Waals surface area contributed by atoms with Crippen molar-refractivity contribution in [2.75, 3.05) is 6.54 Å². The number of rotatable bonds is 10. The number of sulfonamides is 1. The predicted octanol–water partition coefficient (Wildman–Crippen LogP) is 4.92. The molecule has 6 nitrogen and oxygen atoms in total. The van der Waals surface area contributed by atoms with Crippen LogP contribution >= 0.6 is 12.2 Å². The SMILES string of the molecule is Cc1ccc(S(=O)(=O)N[C@H](c2ccccc2)[C@H](NC(=S)NC[C@H](N)c2ccccc2)c2ccccc2)cc1. The Bertz CT molecular complexity index is 1420. The van der Waals surface area contributed by atoms with Gasteiger partial charge in [0, 0.05) is 12.6 Å². The van der Waals surface area contributed by atoms with E-state index in [-0.39, 0.29) is 10.9 Å². The number of nitrogens with one attached hydrogen (secondary N) is 3. The molecule has 0 aromatic heterocycles.